The fourth-order valence-electron chi connectivity index (χ4n) is 2.04. The van der Waals surface area contributed by atoms with Crippen LogP contribution in [0.5, 0.6) is 0 Å². The molecule has 0 fully saturated rings. The zero-order valence-corrected chi connectivity index (χ0v) is 11.9. The maximum Gasteiger partial charge on any atom is 0.224 e. The van der Waals surface area contributed by atoms with Gasteiger partial charge in [0, 0.05) is 12.2 Å². The van der Waals surface area contributed by atoms with Crippen LogP contribution in [0, 0.1) is 13.8 Å². The summed E-state index contributed by atoms with van der Waals surface area (Å²) in [6, 6.07) is 13.8. The summed E-state index contributed by atoms with van der Waals surface area (Å²) in [7, 11) is 0. The second-order valence-electron chi connectivity index (χ2n) is 5.07. The van der Waals surface area contributed by atoms with Crippen LogP contribution >= 0.6 is 0 Å². The molecule has 0 aliphatic carbocycles. The normalized spacial score (nSPS) is 10.3. The quantitative estimate of drug-likeness (QED) is 0.838. The molecule has 2 aromatic rings. The molecule has 3 nitrogen and oxygen atoms in total. The van der Waals surface area contributed by atoms with E-state index in [4.69, 9.17) is 5.73 Å². The molecule has 0 aliphatic heterocycles. The lowest BCUT2D eigenvalue weighted by Crippen LogP contribution is -2.25. The third-order valence-electron chi connectivity index (χ3n) is 3.45. The van der Waals surface area contributed by atoms with Gasteiger partial charge in [0.15, 0.2) is 0 Å². The number of benzene rings is 2. The Morgan fingerprint density at radius 1 is 1.10 bits per heavy atom. The van der Waals surface area contributed by atoms with Gasteiger partial charge in [-0.15, -0.1) is 0 Å². The van der Waals surface area contributed by atoms with E-state index in [0.717, 1.165) is 22.4 Å². The molecule has 0 aromatic heterocycles. The van der Waals surface area contributed by atoms with Crippen molar-refractivity contribution in [2.24, 2.45) is 0 Å². The van der Waals surface area contributed by atoms with Gasteiger partial charge in [0.1, 0.15) is 0 Å². The molecule has 0 saturated carbocycles. The van der Waals surface area contributed by atoms with Crippen LogP contribution in [0.25, 0.3) is 0 Å². The van der Waals surface area contributed by atoms with E-state index in [-0.39, 0.29) is 5.91 Å². The number of anilines is 1. The second-order valence-corrected chi connectivity index (χ2v) is 5.07. The van der Waals surface area contributed by atoms with Crippen molar-refractivity contribution in [3.63, 3.8) is 0 Å². The maximum atomic E-state index is 11.9. The van der Waals surface area contributed by atoms with E-state index < -0.39 is 0 Å². The van der Waals surface area contributed by atoms with Crippen LogP contribution in [0.2, 0.25) is 0 Å². The molecular weight excluding hydrogens is 248 g/mol. The summed E-state index contributed by atoms with van der Waals surface area (Å²) >= 11 is 0. The Bertz CT molecular complexity index is 603. The number of nitrogen functional groups attached to an aromatic ring is 1. The molecule has 0 radical (unpaired) electrons. The van der Waals surface area contributed by atoms with Crippen LogP contribution in [-0.4, -0.2) is 5.91 Å². The molecule has 0 aliphatic rings. The lowest BCUT2D eigenvalue weighted by Gasteiger charge is -2.10. The molecule has 0 bridgehead atoms. The summed E-state index contributed by atoms with van der Waals surface area (Å²) in [5.41, 5.74) is 10.9. The first-order valence-corrected chi connectivity index (χ1v) is 6.72. The highest BCUT2D eigenvalue weighted by atomic mass is 16.1. The highest BCUT2D eigenvalue weighted by Gasteiger charge is 2.05. The number of rotatable bonds is 4. The van der Waals surface area contributed by atoms with Crippen LogP contribution in [0.15, 0.2) is 42.5 Å². The molecule has 0 spiro atoms. The van der Waals surface area contributed by atoms with E-state index in [1.807, 2.05) is 56.3 Å². The monoisotopic (exact) mass is 268 g/mol. The number of hydrogen-bond acceptors (Lipinski definition) is 2. The van der Waals surface area contributed by atoms with Crippen LogP contribution < -0.4 is 11.1 Å². The molecule has 2 aromatic carbocycles. The third kappa shape index (κ3) is 3.60. The predicted octanol–water partition coefficient (Wildman–Crippen LogP) is 2.74. The Morgan fingerprint density at radius 3 is 2.50 bits per heavy atom. The van der Waals surface area contributed by atoms with Gasteiger partial charge in [0.2, 0.25) is 5.91 Å². The van der Waals surface area contributed by atoms with Gasteiger partial charge in [-0.25, -0.2) is 0 Å². The van der Waals surface area contributed by atoms with Crippen molar-refractivity contribution < 1.29 is 4.79 Å². The minimum atomic E-state index is 0.0238. The van der Waals surface area contributed by atoms with Gasteiger partial charge < -0.3 is 11.1 Å². The Balaban J connectivity index is 1.92. The molecule has 0 atom stereocenters. The molecule has 104 valence electrons. The Hall–Kier alpha value is -2.29. The fourth-order valence-corrected chi connectivity index (χ4v) is 2.04. The summed E-state index contributed by atoms with van der Waals surface area (Å²) in [6.45, 7) is 4.52. The van der Waals surface area contributed by atoms with Gasteiger partial charge in [-0.1, -0.05) is 42.0 Å². The molecule has 3 heteroatoms. The number of amides is 1. The summed E-state index contributed by atoms with van der Waals surface area (Å²) < 4.78 is 0. The van der Waals surface area contributed by atoms with Crippen LogP contribution in [0.4, 0.5) is 5.69 Å². The van der Waals surface area contributed by atoms with Crippen molar-refractivity contribution in [1.29, 1.82) is 0 Å². The molecular formula is C17H20N2O. The minimum Gasteiger partial charge on any atom is -0.399 e. The number of nitrogens with two attached hydrogens (primary N) is 1. The third-order valence-corrected chi connectivity index (χ3v) is 3.45. The minimum absolute atomic E-state index is 0.0238. The molecule has 20 heavy (non-hydrogen) atoms. The van der Waals surface area contributed by atoms with Gasteiger partial charge in [-0.2, -0.15) is 0 Å². The largest absolute Gasteiger partial charge is 0.399 e. The lowest BCUT2D eigenvalue weighted by atomic mass is 10.1. The Labute approximate surface area is 119 Å². The Kier molecular flexibility index (Phi) is 4.41. The zero-order valence-electron chi connectivity index (χ0n) is 11.9. The van der Waals surface area contributed by atoms with Crippen molar-refractivity contribution in [1.82, 2.24) is 5.32 Å². The number of carbonyl (C=O) groups excluding carboxylic acids is 1. The number of aryl methyl sites for hydroxylation is 1. The average molecular weight is 268 g/mol. The standard InChI is InChI=1S/C17H20N2O/c1-12-6-8-14(9-7-12)10-17(20)19-11-15-4-3-5-16(18)13(15)2/h3-9H,10-11,18H2,1-2H3,(H,19,20). The van der Waals surface area contributed by atoms with Gasteiger partial charge in [-0.3, -0.25) is 4.79 Å². The molecule has 1 amide bonds. The van der Waals surface area contributed by atoms with Gasteiger partial charge >= 0.3 is 0 Å². The van der Waals surface area contributed by atoms with Gasteiger partial charge in [0.25, 0.3) is 0 Å². The van der Waals surface area contributed by atoms with Crippen LogP contribution in [0.1, 0.15) is 22.3 Å². The average Bonchev–Trinajstić information content (AvgIpc) is 2.43. The van der Waals surface area contributed by atoms with E-state index in [1.165, 1.54) is 5.56 Å². The highest BCUT2D eigenvalue weighted by molar-refractivity contribution is 5.78. The van der Waals surface area contributed by atoms with Crippen molar-refractivity contribution >= 4 is 11.6 Å². The summed E-state index contributed by atoms with van der Waals surface area (Å²) in [6.07, 6.45) is 0.404. The van der Waals surface area contributed by atoms with Crippen molar-refractivity contribution in [2.75, 3.05) is 5.73 Å². The summed E-state index contributed by atoms with van der Waals surface area (Å²) in [5, 5.41) is 2.94. The molecule has 3 N–H and O–H groups in total. The van der Waals surface area contributed by atoms with E-state index in [2.05, 4.69) is 5.32 Å². The van der Waals surface area contributed by atoms with Crippen LogP contribution in [0.3, 0.4) is 0 Å². The summed E-state index contributed by atoms with van der Waals surface area (Å²) in [5.74, 6) is 0.0238. The molecule has 0 saturated heterocycles. The van der Waals surface area contributed by atoms with Gasteiger partial charge in [0.05, 0.1) is 6.42 Å². The Morgan fingerprint density at radius 2 is 1.80 bits per heavy atom. The predicted molar refractivity (Wildman–Crippen MR) is 82.3 cm³/mol. The number of nitrogens with one attached hydrogen (secondary N) is 1. The highest BCUT2D eigenvalue weighted by Crippen LogP contribution is 2.15. The number of carbonyl (C=O) groups is 1. The first-order chi connectivity index (χ1) is 9.56. The zero-order chi connectivity index (χ0) is 14.5. The SMILES string of the molecule is Cc1ccc(CC(=O)NCc2cccc(N)c2C)cc1. The molecule has 0 unspecified atom stereocenters. The van der Waals surface area contributed by atoms with E-state index in [9.17, 15) is 4.79 Å². The fraction of sp³-hybridized carbons (Fsp3) is 0.235. The topological polar surface area (TPSA) is 55.1 Å². The van der Waals surface area contributed by atoms with Crippen LogP contribution in [-0.2, 0) is 17.8 Å². The maximum absolute atomic E-state index is 11.9. The first-order valence-electron chi connectivity index (χ1n) is 6.72. The number of hydrogen-bond donors (Lipinski definition) is 2. The van der Waals surface area contributed by atoms with E-state index in [1.54, 1.807) is 0 Å². The first kappa shape index (κ1) is 14.1. The molecule has 0 heterocycles. The van der Waals surface area contributed by atoms with E-state index >= 15 is 0 Å². The smallest absolute Gasteiger partial charge is 0.224 e. The lowest BCUT2D eigenvalue weighted by molar-refractivity contribution is -0.120. The van der Waals surface area contributed by atoms with E-state index in [0.29, 0.717) is 13.0 Å². The van der Waals surface area contributed by atoms with Crippen molar-refractivity contribution in [3.8, 4) is 0 Å². The van der Waals surface area contributed by atoms with Crippen molar-refractivity contribution in [2.45, 2.75) is 26.8 Å². The van der Waals surface area contributed by atoms with Gasteiger partial charge in [-0.05, 0) is 36.6 Å². The van der Waals surface area contributed by atoms with Crippen molar-refractivity contribution in [3.05, 3.63) is 64.7 Å². The second kappa shape index (κ2) is 6.24. The molecule has 2 rings (SSSR count). The summed E-state index contributed by atoms with van der Waals surface area (Å²) in [4.78, 5) is 11.9.